The van der Waals surface area contributed by atoms with E-state index < -0.39 is 0 Å². The van der Waals surface area contributed by atoms with E-state index in [-0.39, 0.29) is 11.9 Å². The Kier molecular flexibility index (Phi) is 5.75. The average molecular weight is 394 g/mol. The number of carbonyl (C=O) groups is 1. The summed E-state index contributed by atoms with van der Waals surface area (Å²) in [5.74, 6) is -0.0630. The Morgan fingerprint density at radius 2 is 2.11 bits per heavy atom. The zero-order valence-electron chi connectivity index (χ0n) is 10.1. The van der Waals surface area contributed by atoms with E-state index in [9.17, 15) is 4.79 Å². The summed E-state index contributed by atoms with van der Waals surface area (Å²) in [5.41, 5.74) is 6.11. The lowest BCUT2D eigenvalue weighted by molar-refractivity contribution is 0.0747. The summed E-state index contributed by atoms with van der Waals surface area (Å²) in [4.78, 5) is 14.4. The molecule has 0 saturated carbocycles. The smallest absolute Gasteiger partial charge is 0.255 e. The van der Waals surface area contributed by atoms with Gasteiger partial charge in [0, 0.05) is 28.5 Å². The zero-order chi connectivity index (χ0) is 13.9. The highest BCUT2D eigenvalue weighted by atomic mass is 79.9. The van der Waals surface area contributed by atoms with Gasteiger partial charge < -0.3 is 10.6 Å². The lowest BCUT2D eigenvalue weighted by Gasteiger charge is -2.25. The molecule has 0 aliphatic carbocycles. The van der Waals surface area contributed by atoms with E-state index in [1.807, 2.05) is 19.1 Å². The van der Waals surface area contributed by atoms with Gasteiger partial charge in [-0.2, -0.15) is 0 Å². The van der Waals surface area contributed by atoms with Crippen molar-refractivity contribution < 1.29 is 4.79 Å². The Morgan fingerprint density at radius 1 is 1.50 bits per heavy atom. The van der Waals surface area contributed by atoms with Crippen molar-refractivity contribution in [3.8, 4) is 0 Å². The maximum absolute atomic E-state index is 12.3. The van der Waals surface area contributed by atoms with Gasteiger partial charge in [0.05, 0.1) is 10.6 Å². The molecule has 2 N–H and O–H groups in total. The maximum Gasteiger partial charge on any atom is 0.255 e. The highest BCUT2D eigenvalue weighted by molar-refractivity contribution is 9.11. The van der Waals surface area contributed by atoms with Crippen LogP contribution in [-0.4, -0.2) is 28.9 Å². The van der Waals surface area contributed by atoms with Crippen molar-refractivity contribution in [3.63, 3.8) is 0 Å². The summed E-state index contributed by atoms with van der Waals surface area (Å²) >= 11 is 11.6. The standard InChI is InChI=1S/C12H14Br2N2OS/c1-7(5-11(15)18)16(2)12(17)9-6-8(13)3-4-10(9)14/h3-4,6-7H,5H2,1-2H3,(H2,15,18). The monoisotopic (exact) mass is 392 g/mol. The van der Waals surface area contributed by atoms with Crippen molar-refractivity contribution in [1.82, 2.24) is 4.90 Å². The third-order valence-electron chi connectivity index (χ3n) is 2.64. The molecule has 1 aromatic carbocycles. The molecule has 0 heterocycles. The van der Waals surface area contributed by atoms with Crippen LogP contribution in [0.3, 0.4) is 0 Å². The summed E-state index contributed by atoms with van der Waals surface area (Å²) in [6, 6.07) is 5.47. The van der Waals surface area contributed by atoms with E-state index in [4.69, 9.17) is 18.0 Å². The fourth-order valence-electron chi connectivity index (χ4n) is 1.48. The number of thiocarbonyl (C=S) groups is 1. The van der Waals surface area contributed by atoms with E-state index in [1.165, 1.54) is 0 Å². The number of hydrogen-bond acceptors (Lipinski definition) is 2. The molecule has 3 nitrogen and oxygen atoms in total. The van der Waals surface area contributed by atoms with Crippen LogP contribution in [0.1, 0.15) is 23.7 Å². The molecule has 0 saturated heterocycles. The predicted molar refractivity (Wildman–Crippen MR) is 84.8 cm³/mol. The van der Waals surface area contributed by atoms with E-state index in [0.717, 1.165) is 8.95 Å². The third kappa shape index (κ3) is 4.03. The normalized spacial score (nSPS) is 12.0. The lowest BCUT2D eigenvalue weighted by Crippen LogP contribution is -2.37. The second-order valence-corrected chi connectivity index (χ2v) is 6.35. The van der Waals surface area contributed by atoms with Gasteiger partial charge >= 0.3 is 0 Å². The van der Waals surface area contributed by atoms with Crippen molar-refractivity contribution in [2.24, 2.45) is 5.73 Å². The molecule has 1 unspecified atom stereocenters. The number of amides is 1. The quantitative estimate of drug-likeness (QED) is 0.798. The summed E-state index contributed by atoms with van der Waals surface area (Å²) in [6.45, 7) is 1.92. The summed E-state index contributed by atoms with van der Waals surface area (Å²) in [7, 11) is 1.75. The van der Waals surface area contributed by atoms with Crippen LogP contribution in [0.2, 0.25) is 0 Å². The van der Waals surface area contributed by atoms with Crippen molar-refractivity contribution in [1.29, 1.82) is 0 Å². The second kappa shape index (κ2) is 6.63. The molecule has 1 aromatic rings. The highest BCUT2D eigenvalue weighted by Gasteiger charge is 2.20. The molecule has 0 aliphatic heterocycles. The van der Waals surface area contributed by atoms with Crippen LogP contribution < -0.4 is 5.73 Å². The fraction of sp³-hybridized carbons (Fsp3) is 0.333. The molecule has 1 rings (SSSR count). The van der Waals surface area contributed by atoms with Crippen LogP contribution in [0, 0.1) is 0 Å². The Hall–Kier alpha value is -0.460. The van der Waals surface area contributed by atoms with Gasteiger partial charge in [0.25, 0.3) is 5.91 Å². The molecule has 1 atom stereocenters. The van der Waals surface area contributed by atoms with Crippen LogP contribution in [0.25, 0.3) is 0 Å². The van der Waals surface area contributed by atoms with Crippen molar-refractivity contribution in [3.05, 3.63) is 32.7 Å². The van der Waals surface area contributed by atoms with Gasteiger partial charge in [-0.05, 0) is 41.1 Å². The third-order valence-corrected chi connectivity index (χ3v) is 3.99. The van der Waals surface area contributed by atoms with Gasteiger partial charge in [0.15, 0.2) is 0 Å². The van der Waals surface area contributed by atoms with Gasteiger partial charge in [0.1, 0.15) is 0 Å². The first-order chi connectivity index (χ1) is 8.32. The molecule has 18 heavy (non-hydrogen) atoms. The topological polar surface area (TPSA) is 46.3 Å². The summed E-state index contributed by atoms with van der Waals surface area (Å²) < 4.78 is 1.63. The van der Waals surface area contributed by atoms with Crippen LogP contribution in [0.5, 0.6) is 0 Å². The molecule has 6 heteroatoms. The molecule has 0 bridgehead atoms. The van der Waals surface area contributed by atoms with Crippen molar-refractivity contribution in [2.75, 3.05) is 7.05 Å². The van der Waals surface area contributed by atoms with Gasteiger partial charge in [-0.1, -0.05) is 28.1 Å². The number of hydrogen-bond donors (Lipinski definition) is 1. The van der Waals surface area contributed by atoms with Gasteiger partial charge in [-0.25, -0.2) is 0 Å². The largest absolute Gasteiger partial charge is 0.393 e. The number of benzene rings is 1. The molecular formula is C12H14Br2N2OS. The fourth-order valence-corrected chi connectivity index (χ4v) is 2.50. The average Bonchev–Trinajstić information content (AvgIpc) is 2.29. The molecule has 98 valence electrons. The Morgan fingerprint density at radius 3 is 2.67 bits per heavy atom. The van der Waals surface area contributed by atoms with Crippen LogP contribution in [-0.2, 0) is 0 Å². The highest BCUT2D eigenvalue weighted by Crippen LogP contribution is 2.23. The van der Waals surface area contributed by atoms with Gasteiger partial charge in [0.2, 0.25) is 0 Å². The summed E-state index contributed by atoms with van der Waals surface area (Å²) in [5, 5.41) is 0. The Bertz CT molecular complexity index is 479. The minimum atomic E-state index is -0.0630. The number of halogens is 2. The predicted octanol–water partition coefficient (Wildman–Crippen LogP) is 3.35. The molecule has 0 aromatic heterocycles. The zero-order valence-corrected chi connectivity index (χ0v) is 14.1. The maximum atomic E-state index is 12.3. The first-order valence-electron chi connectivity index (χ1n) is 5.33. The van der Waals surface area contributed by atoms with Crippen LogP contribution >= 0.6 is 44.1 Å². The number of rotatable bonds is 4. The Balaban J connectivity index is 2.92. The minimum Gasteiger partial charge on any atom is -0.393 e. The molecular weight excluding hydrogens is 380 g/mol. The Labute approximate surface area is 129 Å². The second-order valence-electron chi connectivity index (χ2n) is 4.06. The first kappa shape index (κ1) is 15.6. The van der Waals surface area contributed by atoms with Crippen LogP contribution in [0.15, 0.2) is 27.1 Å². The van der Waals surface area contributed by atoms with E-state index >= 15 is 0 Å². The molecule has 0 aliphatic rings. The van der Waals surface area contributed by atoms with Crippen molar-refractivity contribution in [2.45, 2.75) is 19.4 Å². The van der Waals surface area contributed by atoms with Crippen molar-refractivity contribution >= 4 is 55.0 Å². The number of nitrogens with zero attached hydrogens (tertiary/aromatic N) is 1. The lowest BCUT2D eigenvalue weighted by atomic mass is 10.1. The summed E-state index contributed by atoms with van der Waals surface area (Å²) in [6.07, 6.45) is 0.517. The van der Waals surface area contributed by atoms with E-state index in [0.29, 0.717) is 17.0 Å². The van der Waals surface area contributed by atoms with Crippen LogP contribution in [0.4, 0.5) is 0 Å². The SMILES string of the molecule is CC(CC(N)=S)N(C)C(=O)c1cc(Br)ccc1Br. The molecule has 0 spiro atoms. The van der Waals surface area contributed by atoms with Gasteiger partial charge in [-0.15, -0.1) is 0 Å². The molecule has 0 fully saturated rings. The van der Waals surface area contributed by atoms with Gasteiger partial charge in [-0.3, -0.25) is 4.79 Å². The van der Waals surface area contributed by atoms with E-state index in [1.54, 1.807) is 18.0 Å². The number of carbonyl (C=O) groups excluding carboxylic acids is 1. The minimum absolute atomic E-state index is 0.0270. The molecule has 0 radical (unpaired) electrons. The first-order valence-corrected chi connectivity index (χ1v) is 7.33. The molecule has 1 amide bonds. The van der Waals surface area contributed by atoms with E-state index in [2.05, 4.69) is 31.9 Å². The number of nitrogens with two attached hydrogens (primary N) is 1.